The van der Waals surface area contributed by atoms with Gasteiger partial charge in [0.2, 0.25) is 5.75 Å². The van der Waals surface area contributed by atoms with E-state index in [1.807, 2.05) is 18.3 Å². The van der Waals surface area contributed by atoms with Gasteiger partial charge in [0, 0.05) is 37.1 Å². The number of anilines is 1. The molecule has 2 rings (SSSR count). The molecule has 0 atom stereocenters. The number of benzene rings is 2. The molecule has 0 bridgehead atoms. The van der Waals surface area contributed by atoms with Crippen LogP contribution in [0.4, 0.5) is 11.4 Å². The SMILES string of the molecule is CCN(CC)c1ccc(C=Nc2cc(OC)c(OC)c(OC)c2)cc1. The maximum atomic E-state index is 5.35. The van der Waals surface area contributed by atoms with Gasteiger partial charge in [-0.3, -0.25) is 4.99 Å². The smallest absolute Gasteiger partial charge is 0.203 e. The van der Waals surface area contributed by atoms with Crippen LogP contribution in [0.5, 0.6) is 17.2 Å². The fraction of sp³-hybridized carbons (Fsp3) is 0.350. The van der Waals surface area contributed by atoms with E-state index in [0.717, 1.165) is 24.3 Å². The topological polar surface area (TPSA) is 43.3 Å². The number of hydrogen-bond acceptors (Lipinski definition) is 5. The molecule has 0 aliphatic carbocycles. The lowest BCUT2D eigenvalue weighted by molar-refractivity contribution is 0.324. The van der Waals surface area contributed by atoms with Crippen molar-refractivity contribution < 1.29 is 14.2 Å². The van der Waals surface area contributed by atoms with Crippen molar-refractivity contribution in [2.45, 2.75) is 13.8 Å². The van der Waals surface area contributed by atoms with Crippen molar-refractivity contribution in [1.82, 2.24) is 0 Å². The quantitative estimate of drug-likeness (QED) is 0.671. The molecule has 25 heavy (non-hydrogen) atoms. The van der Waals surface area contributed by atoms with Gasteiger partial charge < -0.3 is 19.1 Å². The highest BCUT2D eigenvalue weighted by molar-refractivity contribution is 5.83. The Labute approximate surface area is 149 Å². The third-order valence-corrected chi connectivity index (χ3v) is 4.03. The van der Waals surface area contributed by atoms with Crippen molar-refractivity contribution in [3.63, 3.8) is 0 Å². The second-order valence-corrected chi connectivity index (χ2v) is 5.41. The third-order valence-electron chi connectivity index (χ3n) is 4.03. The van der Waals surface area contributed by atoms with Crippen LogP contribution in [0.2, 0.25) is 0 Å². The Hall–Kier alpha value is -2.69. The van der Waals surface area contributed by atoms with Crippen molar-refractivity contribution in [3.05, 3.63) is 42.0 Å². The van der Waals surface area contributed by atoms with Crippen LogP contribution in [-0.2, 0) is 0 Å². The summed E-state index contributed by atoms with van der Waals surface area (Å²) in [5, 5.41) is 0. The predicted octanol–water partition coefficient (Wildman–Crippen LogP) is 4.31. The van der Waals surface area contributed by atoms with Gasteiger partial charge in [-0.05, 0) is 31.5 Å². The molecule has 0 radical (unpaired) electrons. The molecule has 0 saturated carbocycles. The van der Waals surface area contributed by atoms with Gasteiger partial charge in [0.1, 0.15) is 0 Å². The highest BCUT2D eigenvalue weighted by Gasteiger charge is 2.12. The zero-order chi connectivity index (χ0) is 18.2. The Morgan fingerprint density at radius 1 is 0.880 bits per heavy atom. The summed E-state index contributed by atoms with van der Waals surface area (Å²) in [4.78, 5) is 6.84. The number of methoxy groups -OCH3 is 3. The Bertz CT molecular complexity index is 682. The number of nitrogens with zero attached hydrogens (tertiary/aromatic N) is 2. The van der Waals surface area contributed by atoms with Gasteiger partial charge in [-0.2, -0.15) is 0 Å². The van der Waals surface area contributed by atoms with Gasteiger partial charge in [-0.25, -0.2) is 0 Å². The van der Waals surface area contributed by atoms with Crippen molar-refractivity contribution in [2.75, 3.05) is 39.3 Å². The van der Waals surface area contributed by atoms with Crippen LogP contribution in [0.25, 0.3) is 0 Å². The van der Waals surface area contributed by atoms with E-state index in [2.05, 4.69) is 48.0 Å². The molecule has 0 unspecified atom stereocenters. The van der Waals surface area contributed by atoms with Gasteiger partial charge in [-0.15, -0.1) is 0 Å². The molecule has 0 saturated heterocycles. The van der Waals surface area contributed by atoms with E-state index >= 15 is 0 Å². The lowest BCUT2D eigenvalue weighted by Crippen LogP contribution is -2.21. The summed E-state index contributed by atoms with van der Waals surface area (Å²) in [5.41, 5.74) is 2.99. The van der Waals surface area contributed by atoms with Crippen LogP contribution in [0, 0.1) is 0 Å². The number of rotatable bonds is 8. The highest BCUT2D eigenvalue weighted by Crippen LogP contribution is 2.40. The molecule has 0 aliphatic rings. The summed E-state index contributed by atoms with van der Waals surface area (Å²) in [6, 6.07) is 12.0. The fourth-order valence-corrected chi connectivity index (χ4v) is 2.65. The van der Waals surface area contributed by atoms with Crippen molar-refractivity contribution in [1.29, 1.82) is 0 Å². The monoisotopic (exact) mass is 342 g/mol. The maximum absolute atomic E-state index is 5.35. The van der Waals surface area contributed by atoms with E-state index < -0.39 is 0 Å². The summed E-state index contributed by atoms with van der Waals surface area (Å²) in [7, 11) is 4.77. The molecular weight excluding hydrogens is 316 g/mol. The Morgan fingerprint density at radius 3 is 1.88 bits per heavy atom. The summed E-state index contributed by atoms with van der Waals surface area (Å²) >= 11 is 0. The van der Waals surface area contributed by atoms with E-state index in [9.17, 15) is 0 Å². The van der Waals surface area contributed by atoms with Gasteiger partial charge in [0.25, 0.3) is 0 Å². The normalized spacial score (nSPS) is 10.8. The van der Waals surface area contributed by atoms with Crippen molar-refractivity contribution >= 4 is 17.6 Å². The second-order valence-electron chi connectivity index (χ2n) is 5.41. The third kappa shape index (κ3) is 4.44. The largest absolute Gasteiger partial charge is 0.493 e. The van der Waals surface area contributed by atoms with Crippen molar-refractivity contribution in [2.24, 2.45) is 4.99 Å². The molecule has 2 aromatic rings. The minimum Gasteiger partial charge on any atom is -0.493 e. The van der Waals surface area contributed by atoms with Crippen LogP contribution in [0.1, 0.15) is 19.4 Å². The van der Waals surface area contributed by atoms with Gasteiger partial charge >= 0.3 is 0 Å². The number of aliphatic imine (C=N–C) groups is 1. The number of hydrogen-bond donors (Lipinski definition) is 0. The Kier molecular flexibility index (Phi) is 6.69. The molecule has 0 aromatic heterocycles. The molecule has 0 aliphatic heterocycles. The first-order chi connectivity index (χ1) is 12.2. The van der Waals surface area contributed by atoms with E-state index in [0.29, 0.717) is 17.2 Å². The minimum absolute atomic E-state index is 0.563. The average Bonchev–Trinajstić information content (AvgIpc) is 2.67. The molecule has 5 heteroatoms. The van der Waals surface area contributed by atoms with Crippen LogP contribution in [-0.4, -0.2) is 40.6 Å². The first kappa shape index (κ1) is 18.6. The van der Waals surface area contributed by atoms with E-state index in [1.165, 1.54) is 5.69 Å². The number of ether oxygens (including phenoxy) is 3. The molecule has 0 amide bonds. The molecule has 2 aromatic carbocycles. The predicted molar refractivity (Wildman–Crippen MR) is 103 cm³/mol. The Balaban J connectivity index is 2.24. The average molecular weight is 342 g/mol. The molecular formula is C20H26N2O3. The molecule has 5 nitrogen and oxygen atoms in total. The van der Waals surface area contributed by atoms with Crippen LogP contribution < -0.4 is 19.1 Å². The standard InChI is InChI=1S/C20H26N2O3/c1-6-22(7-2)17-10-8-15(9-11-17)14-21-16-12-18(23-3)20(25-5)19(13-16)24-4/h8-14H,6-7H2,1-5H3. The Morgan fingerprint density at radius 2 is 1.44 bits per heavy atom. The summed E-state index contributed by atoms with van der Waals surface area (Å²) in [6.45, 7) is 6.30. The molecule has 0 N–H and O–H groups in total. The van der Waals surface area contributed by atoms with Crippen LogP contribution in [0.15, 0.2) is 41.4 Å². The van der Waals surface area contributed by atoms with Crippen LogP contribution in [0.3, 0.4) is 0 Å². The lowest BCUT2D eigenvalue weighted by Gasteiger charge is -2.20. The molecule has 0 heterocycles. The second kappa shape index (κ2) is 8.97. The highest BCUT2D eigenvalue weighted by atomic mass is 16.5. The summed E-state index contributed by atoms with van der Waals surface area (Å²) in [5.74, 6) is 1.74. The maximum Gasteiger partial charge on any atom is 0.203 e. The van der Waals surface area contributed by atoms with Gasteiger partial charge in [-0.1, -0.05) is 12.1 Å². The van der Waals surface area contributed by atoms with Crippen molar-refractivity contribution in [3.8, 4) is 17.2 Å². The molecule has 134 valence electrons. The minimum atomic E-state index is 0.563. The molecule has 0 spiro atoms. The van der Waals surface area contributed by atoms with Gasteiger partial charge in [0.05, 0.1) is 27.0 Å². The zero-order valence-corrected chi connectivity index (χ0v) is 15.6. The fourth-order valence-electron chi connectivity index (χ4n) is 2.65. The first-order valence-electron chi connectivity index (χ1n) is 8.35. The zero-order valence-electron chi connectivity index (χ0n) is 15.6. The van der Waals surface area contributed by atoms with E-state index in [-0.39, 0.29) is 0 Å². The lowest BCUT2D eigenvalue weighted by atomic mass is 10.2. The van der Waals surface area contributed by atoms with Crippen LogP contribution >= 0.6 is 0 Å². The van der Waals surface area contributed by atoms with E-state index in [1.54, 1.807) is 21.3 Å². The van der Waals surface area contributed by atoms with E-state index in [4.69, 9.17) is 14.2 Å². The molecule has 0 fully saturated rings. The van der Waals surface area contributed by atoms with Gasteiger partial charge in [0.15, 0.2) is 11.5 Å². The first-order valence-corrected chi connectivity index (χ1v) is 8.35. The summed E-state index contributed by atoms with van der Waals surface area (Å²) in [6.07, 6.45) is 1.83. The summed E-state index contributed by atoms with van der Waals surface area (Å²) < 4.78 is 16.0.